The minimum atomic E-state index is -0.512. The van der Waals surface area contributed by atoms with Crippen LogP contribution in [0.4, 0.5) is 0 Å². The molecule has 0 aromatic heterocycles. The fourth-order valence-electron chi connectivity index (χ4n) is 2.72. The monoisotopic (exact) mass is 420 g/mol. The molecule has 25 heavy (non-hydrogen) atoms. The van der Waals surface area contributed by atoms with E-state index in [0.29, 0.717) is 12.8 Å². The van der Waals surface area contributed by atoms with E-state index in [2.05, 4.69) is 29.8 Å². The molecule has 5 heteroatoms. The lowest BCUT2D eigenvalue weighted by Gasteiger charge is -2.13. The normalized spacial score (nSPS) is 13.3. The summed E-state index contributed by atoms with van der Waals surface area (Å²) < 4.78 is 0. The van der Waals surface area contributed by atoms with E-state index in [4.69, 9.17) is 9.78 Å². The number of alkyl halides is 1. The minimum Gasteiger partial charge on any atom is -0.247 e. The quantitative estimate of drug-likeness (QED) is 0.131. The van der Waals surface area contributed by atoms with Crippen LogP contribution in [-0.2, 0) is 19.4 Å². The Bertz CT molecular complexity index is 347. The van der Waals surface area contributed by atoms with Gasteiger partial charge in [-0.15, -0.1) is 0 Å². The van der Waals surface area contributed by atoms with Crippen molar-refractivity contribution in [2.75, 3.05) is 0 Å². The Hall–Kier alpha value is -0.580. The molecule has 0 aliphatic heterocycles. The summed E-state index contributed by atoms with van der Waals surface area (Å²) in [6.45, 7) is 6.25. The second kappa shape index (κ2) is 16.9. The van der Waals surface area contributed by atoms with Gasteiger partial charge in [-0.1, -0.05) is 101 Å². The van der Waals surface area contributed by atoms with Gasteiger partial charge in [-0.2, -0.15) is 0 Å². The van der Waals surface area contributed by atoms with E-state index in [1.54, 1.807) is 0 Å². The van der Waals surface area contributed by atoms with E-state index in [1.807, 2.05) is 6.92 Å². The lowest BCUT2D eigenvalue weighted by atomic mass is 10.00. The molecule has 0 aromatic rings. The van der Waals surface area contributed by atoms with Crippen LogP contribution in [0.5, 0.6) is 0 Å². The highest BCUT2D eigenvalue weighted by Gasteiger charge is 2.23. The molecule has 0 amide bonds. The molecule has 0 rings (SSSR count). The molecule has 0 radical (unpaired) electrons. The van der Waals surface area contributed by atoms with Gasteiger partial charge in [0.05, 0.1) is 5.92 Å². The van der Waals surface area contributed by atoms with E-state index < -0.39 is 16.8 Å². The van der Waals surface area contributed by atoms with Gasteiger partial charge in [0.2, 0.25) is 0 Å². The van der Waals surface area contributed by atoms with Gasteiger partial charge in [-0.3, -0.25) is 0 Å². The van der Waals surface area contributed by atoms with Crippen LogP contribution >= 0.6 is 15.9 Å². The molecule has 0 N–H and O–H groups in total. The number of hydrogen-bond donors (Lipinski definition) is 0. The molecule has 0 spiro atoms. The summed E-state index contributed by atoms with van der Waals surface area (Å²) in [5.74, 6) is -1.13. The maximum atomic E-state index is 11.9. The molecular weight excluding hydrogens is 384 g/mol. The standard InChI is InChI=1S/C20H37BrO4/c1-4-7-9-10-11-12-13-14-16-18(21)20(23)25-24-19(22)17(6-3)15-8-5-2/h17-18H,4-16H2,1-3H3. The van der Waals surface area contributed by atoms with Crippen LogP contribution in [0, 0.1) is 5.92 Å². The third-order valence-electron chi connectivity index (χ3n) is 4.51. The fourth-order valence-corrected chi connectivity index (χ4v) is 3.12. The Morgan fingerprint density at radius 1 is 0.720 bits per heavy atom. The van der Waals surface area contributed by atoms with Crippen molar-refractivity contribution in [3.63, 3.8) is 0 Å². The molecular formula is C20H37BrO4. The molecule has 0 fully saturated rings. The van der Waals surface area contributed by atoms with Crippen LogP contribution in [0.15, 0.2) is 0 Å². The van der Waals surface area contributed by atoms with E-state index in [1.165, 1.54) is 38.5 Å². The predicted molar refractivity (Wildman–Crippen MR) is 105 cm³/mol. The zero-order valence-electron chi connectivity index (χ0n) is 16.4. The van der Waals surface area contributed by atoms with Gasteiger partial charge in [0, 0.05) is 0 Å². The van der Waals surface area contributed by atoms with Crippen LogP contribution in [0.1, 0.15) is 104 Å². The average molecular weight is 421 g/mol. The van der Waals surface area contributed by atoms with Crippen LogP contribution in [0.3, 0.4) is 0 Å². The first kappa shape index (κ1) is 24.4. The maximum Gasteiger partial charge on any atom is 0.369 e. The summed E-state index contributed by atoms with van der Waals surface area (Å²) in [6, 6.07) is 0. The molecule has 2 atom stereocenters. The van der Waals surface area contributed by atoms with Gasteiger partial charge in [0.15, 0.2) is 0 Å². The van der Waals surface area contributed by atoms with Gasteiger partial charge in [-0.05, 0) is 19.3 Å². The summed E-state index contributed by atoms with van der Waals surface area (Å²) in [7, 11) is 0. The van der Waals surface area contributed by atoms with Crippen LogP contribution in [-0.4, -0.2) is 16.8 Å². The first-order valence-electron chi connectivity index (χ1n) is 10.1. The first-order valence-corrected chi connectivity index (χ1v) is 11.0. The Labute approximate surface area is 162 Å². The zero-order valence-corrected chi connectivity index (χ0v) is 17.9. The summed E-state index contributed by atoms with van der Waals surface area (Å²) in [6.07, 6.45) is 14.0. The number of carbonyl (C=O) groups is 2. The second-order valence-corrected chi connectivity index (χ2v) is 7.89. The smallest absolute Gasteiger partial charge is 0.247 e. The first-order chi connectivity index (χ1) is 12.1. The molecule has 4 nitrogen and oxygen atoms in total. The zero-order chi connectivity index (χ0) is 18.9. The lowest BCUT2D eigenvalue weighted by Crippen LogP contribution is -2.23. The third-order valence-corrected chi connectivity index (χ3v) is 5.34. The fraction of sp³-hybridized carbons (Fsp3) is 0.900. The number of hydrogen-bond acceptors (Lipinski definition) is 4. The van der Waals surface area contributed by atoms with Gasteiger partial charge in [0.1, 0.15) is 4.83 Å². The number of halogens is 1. The molecule has 0 saturated carbocycles. The van der Waals surface area contributed by atoms with Gasteiger partial charge in [-0.25, -0.2) is 19.4 Å². The van der Waals surface area contributed by atoms with Crippen molar-refractivity contribution in [1.82, 2.24) is 0 Å². The minimum absolute atomic E-state index is 0.186. The maximum absolute atomic E-state index is 11.9. The van der Waals surface area contributed by atoms with Gasteiger partial charge < -0.3 is 0 Å². The van der Waals surface area contributed by atoms with E-state index in [0.717, 1.165) is 32.1 Å². The highest BCUT2D eigenvalue weighted by molar-refractivity contribution is 9.10. The largest absolute Gasteiger partial charge is 0.369 e. The SMILES string of the molecule is CCCCCCCCCCC(Br)C(=O)OOC(=O)C(CC)CCCC. The van der Waals surface area contributed by atoms with Crippen molar-refractivity contribution < 1.29 is 19.4 Å². The number of rotatable bonds is 15. The molecule has 0 aliphatic rings. The summed E-state index contributed by atoms with van der Waals surface area (Å²) in [4.78, 5) is 32.8. The highest BCUT2D eigenvalue weighted by Crippen LogP contribution is 2.17. The van der Waals surface area contributed by atoms with E-state index in [-0.39, 0.29) is 5.92 Å². The summed E-state index contributed by atoms with van der Waals surface area (Å²) in [5, 5.41) is 0. The van der Waals surface area contributed by atoms with Crippen molar-refractivity contribution in [2.24, 2.45) is 5.92 Å². The second-order valence-electron chi connectivity index (χ2n) is 6.78. The number of unbranched alkanes of at least 4 members (excludes halogenated alkanes) is 8. The predicted octanol–water partition coefficient (Wildman–Crippen LogP) is 6.50. The Morgan fingerprint density at radius 3 is 1.80 bits per heavy atom. The van der Waals surface area contributed by atoms with Crippen LogP contribution < -0.4 is 0 Å². The van der Waals surface area contributed by atoms with E-state index >= 15 is 0 Å². The molecule has 148 valence electrons. The van der Waals surface area contributed by atoms with Gasteiger partial charge >= 0.3 is 11.9 Å². The Morgan fingerprint density at radius 2 is 1.24 bits per heavy atom. The van der Waals surface area contributed by atoms with Crippen LogP contribution in [0.25, 0.3) is 0 Å². The van der Waals surface area contributed by atoms with Crippen LogP contribution in [0.2, 0.25) is 0 Å². The molecule has 0 bridgehead atoms. The van der Waals surface area contributed by atoms with Crippen molar-refractivity contribution in [2.45, 2.75) is 109 Å². The molecule has 0 aromatic carbocycles. The third kappa shape index (κ3) is 13.3. The lowest BCUT2D eigenvalue weighted by molar-refractivity contribution is -0.262. The molecule has 2 unspecified atom stereocenters. The Balaban J connectivity index is 3.78. The van der Waals surface area contributed by atoms with Gasteiger partial charge in [0.25, 0.3) is 0 Å². The summed E-state index contributed by atoms with van der Waals surface area (Å²) in [5.41, 5.74) is 0. The van der Waals surface area contributed by atoms with Crippen molar-refractivity contribution in [3.8, 4) is 0 Å². The highest BCUT2D eigenvalue weighted by atomic mass is 79.9. The topological polar surface area (TPSA) is 52.6 Å². The average Bonchev–Trinajstić information content (AvgIpc) is 2.62. The van der Waals surface area contributed by atoms with Crippen molar-refractivity contribution >= 4 is 27.9 Å². The van der Waals surface area contributed by atoms with Crippen molar-refractivity contribution in [3.05, 3.63) is 0 Å². The van der Waals surface area contributed by atoms with Crippen molar-refractivity contribution in [1.29, 1.82) is 0 Å². The molecule has 0 aliphatic carbocycles. The van der Waals surface area contributed by atoms with E-state index in [9.17, 15) is 9.59 Å². The molecule has 0 saturated heterocycles. The number of carbonyl (C=O) groups excluding carboxylic acids is 2. The molecule has 0 heterocycles. The summed E-state index contributed by atoms with van der Waals surface area (Å²) >= 11 is 3.33. The Kier molecular flexibility index (Phi) is 16.5.